The lowest BCUT2D eigenvalue weighted by atomic mass is 10.0. The zero-order valence-electron chi connectivity index (χ0n) is 18.2. The van der Waals surface area contributed by atoms with Crippen molar-refractivity contribution in [3.8, 4) is 5.75 Å². The summed E-state index contributed by atoms with van der Waals surface area (Å²) in [6, 6.07) is 28.4. The molecule has 170 valence electrons. The van der Waals surface area contributed by atoms with Gasteiger partial charge >= 0.3 is 0 Å². The molecule has 0 aliphatic rings. The predicted octanol–water partition coefficient (Wildman–Crippen LogP) is 5.06. The van der Waals surface area contributed by atoms with E-state index in [4.69, 9.17) is 4.74 Å². The van der Waals surface area contributed by atoms with Gasteiger partial charge < -0.3 is 10.1 Å². The van der Waals surface area contributed by atoms with Crippen molar-refractivity contribution in [1.29, 1.82) is 0 Å². The Morgan fingerprint density at radius 3 is 2.47 bits per heavy atom. The van der Waals surface area contributed by atoms with Gasteiger partial charge in [0.15, 0.2) is 0 Å². The van der Waals surface area contributed by atoms with Crippen LogP contribution in [-0.4, -0.2) is 24.6 Å². The quantitative estimate of drug-likeness (QED) is 0.254. The molecule has 7 heteroatoms. The highest BCUT2D eigenvalue weighted by molar-refractivity contribution is 9.10. The number of halogens is 1. The van der Waals surface area contributed by atoms with E-state index >= 15 is 0 Å². The fourth-order valence-corrected chi connectivity index (χ4v) is 3.62. The number of nitrogens with one attached hydrogen (secondary N) is 2. The summed E-state index contributed by atoms with van der Waals surface area (Å²) in [5, 5.41) is 8.44. The smallest absolute Gasteiger partial charge is 0.259 e. The van der Waals surface area contributed by atoms with Crippen LogP contribution in [-0.2, 0) is 11.4 Å². The number of nitrogens with zero attached hydrogens (tertiary/aromatic N) is 1. The number of amides is 2. The molecule has 34 heavy (non-hydrogen) atoms. The normalized spacial score (nSPS) is 10.9. The molecule has 4 aromatic rings. The van der Waals surface area contributed by atoms with E-state index in [2.05, 4.69) is 31.8 Å². The Bertz CT molecular complexity index is 1330. The summed E-state index contributed by atoms with van der Waals surface area (Å²) in [6.45, 7) is 0.214. The van der Waals surface area contributed by atoms with Gasteiger partial charge in [-0.3, -0.25) is 9.59 Å². The van der Waals surface area contributed by atoms with Gasteiger partial charge in [0.25, 0.3) is 11.8 Å². The van der Waals surface area contributed by atoms with Gasteiger partial charge in [0.1, 0.15) is 12.4 Å². The number of carbonyl (C=O) groups excluding carboxylic acids is 2. The minimum atomic E-state index is -0.432. The van der Waals surface area contributed by atoms with E-state index in [0.29, 0.717) is 17.9 Å². The van der Waals surface area contributed by atoms with Crippen LogP contribution in [0.1, 0.15) is 21.5 Å². The molecule has 6 nitrogen and oxygen atoms in total. The first-order chi connectivity index (χ1) is 16.6. The summed E-state index contributed by atoms with van der Waals surface area (Å²) in [6.07, 6.45) is 1.52. The minimum Gasteiger partial charge on any atom is -0.488 e. The summed E-state index contributed by atoms with van der Waals surface area (Å²) in [5.74, 6) is -0.103. The van der Waals surface area contributed by atoms with Crippen molar-refractivity contribution in [3.63, 3.8) is 0 Å². The number of ether oxygens (including phenoxy) is 1. The van der Waals surface area contributed by atoms with Gasteiger partial charge in [0.05, 0.1) is 12.8 Å². The van der Waals surface area contributed by atoms with Crippen LogP contribution in [0.5, 0.6) is 5.75 Å². The van der Waals surface area contributed by atoms with Crippen LogP contribution in [0.25, 0.3) is 10.8 Å². The lowest BCUT2D eigenvalue weighted by molar-refractivity contribution is -0.120. The summed E-state index contributed by atoms with van der Waals surface area (Å²) in [7, 11) is 0. The third-order valence-electron chi connectivity index (χ3n) is 5.06. The highest BCUT2D eigenvalue weighted by Crippen LogP contribution is 2.19. The van der Waals surface area contributed by atoms with Crippen LogP contribution in [0.15, 0.2) is 101 Å². The van der Waals surface area contributed by atoms with Gasteiger partial charge in [-0.25, -0.2) is 5.43 Å². The number of rotatable bonds is 8. The second kappa shape index (κ2) is 11.2. The lowest BCUT2D eigenvalue weighted by Crippen LogP contribution is -2.35. The molecule has 4 rings (SSSR count). The third kappa shape index (κ3) is 6.08. The summed E-state index contributed by atoms with van der Waals surface area (Å²) in [5.41, 5.74) is 4.71. The zero-order valence-corrected chi connectivity index (χ0v) is 19.8. The van der Waals surface area contributed by atoms with Gasteiger partial charge in [-0.1, -0.05) is 76.6 Å². The van der Waals surface area contributed by atoms with Crippen LogP contribution in [0.2, 0.25) is 0 Å². The van der Waals surface area contributed by atoms with Crippen molar-refractivity contribution in [1.82, 2.24) is 10.7 Å². The van der Waals surface area contributed by atoms with Crippen LogP contribution in [0.3, 0.4) is 0 Å². The molecule has 0 spiro atoms. The number of hydrogen-bond acceptors (Lipinski definition) is 4. The fourth-order valence-electron chi connectivity index (χ4n) is 3.35. The number of hydrazone groups is 1. The van der Waals surface area contributed by atoms with Crippen molar-refractivity contribution < 1.29 is 14.3 Å². The third-order valence-corrected chi connectivity index (χ3v) is 5.59. The Hall–Kier alpha value is -3.97. The minimum absolute atomic E-state index is 0.193. The molecule has 0 saturated heterocycles. The van der Waals surface area contributed by atoms with E-state index in [-0.39, 0.29) is 12.5 Å². The monoisotopic (exact) mass is 515 g/mol. The molecular weight excluding hydrogens is 494 g/mol. The highest BCUT2D eigenvalue weighted by atomic mass is 79.9. The van der Waals surface area contributed by atoms with Crippen molar-refractivity contribution in [2.24, 2.45) is 5.10 Å². The van der Waals surface area contributed by atoms with Gasteiger partial charge in [0.2, 0.25) is 0 Å². The van der Waals surface area contributed by atoms with Crippen LogP contribution < -0.4 is 15.5 Å². The number of hydrogen-bond donors (Lipinski definition) is 2. The zero-order chi connectivity index (χ0) is 23.8. The van der Waals surface area contributed by atoms with Crippen LogP contribution in [0.4, 0.5) is 0 Å². The van der Waals surface area contributed by atoms with E-state index in [9.17, 15) is 9.59 Å². The molecular formula is C27H22BrN3O3. The van der Waals surface area contributed by atoms with Crippen molar-refractivity contribution in [3.05, 3.63) is 112 Å². The van der Waals surface area contributed by atoms with E-state index in [1.165, 1.54) is 6.21 Å². The van der Waals surface area contributed by atoms with E-state index in [0.717, 1.165) is 26.4 Å². The van der Waals surface area contributed by atoms with Gasteiger partial charge in [-0.2, -0.15) is 5.10 Å². The first-order valence-electron chi connectivity index (χ1n) is 10.6. The molecule has 0 radical (unpaired) electrons. The summed E-state index contributed by atoms with van der Waals surface area (Å²) in [4.78, 5) is 24.7. The largest absolute Gasteiger partial charge is 0.488 e. The highest BCUT2D eigenvalue weighted by Gasteiger charge is 2.11. The summed E-state index contributed by atoms with van der Waals surface area (Å²) < 4.78 is 6.91. The lowest BCUT2D eigenvalue weighted by Gasteiger charge is -2.09. The first kappa shape index (κ1) is 23.2. The second-order valence-corrected chi connectivity index (χ2v) is 8.37. The molecule has 0 saturated carbocycles. The Labute approximate surface area is 205 Å². The van der Waals surface area contributed by atoms with Crippen LogP contribution in [0, 0.1) is 0 Å². The second-order valence-electron chi connectivity index (χ2n) is 7.46. The molecule has 0 fully saturated rings. The van der Waals surface area contributed by atoms with Crippen molar-refractivity contribution >= 4 is 44.7 Å². The van der Waals surface area contributed by atoms with Gasteiger partial charge in [-0.15, -0.1) is 0 Å². The van der Waals surface area contributed by atoms with Gasteiger partial charge in [0, 0.05) is 15.6 Å². The predicted molar refractivity (Wildman–Crippen MR) is 137 cm³/mol. The van der Waals surface area contributed by atoms with E-state index in [1.807, 2.05) is 84.9 Å². The average Bonchev–Trinajstić information content (AvgIpc) is 2.87. The number of para-hydroxylation sites is 1. The fraction of sp³-hybridized carbons (Fsp3) is 0.0741. The number of carbonyl (C=O) groups is 2. The van der Waals surface area contributed by atoms with Crippen molar-refractivity contribution in [2.45, 2.75) is 6.61 Å². The maximum Gasteiger partial charge on any atom is 0.259 e. The average molecular weight is 516 g/mol. The standard InChI is InChI=1S/C27H22BrN3O3/c28-22-14-12-19(13-15-22)18-34-25-11-4-2-7-21(25)16-30-31-26(32)17-29-27(33)24-10-5-8-20-6-1-3-9-23(20)24/h1-16H,17-18H2,(H,29,33)(H,31,32)/b30-16-. The maximum atomic E-state index is 12.6. The molecule has 2 amide bonds. The SMILES string of the molecule is O=C(CNC(=O)c1cccc2ccccc12)N/N=C\c1ccccc1OCc1ccc(Br)cc1. The molecule has 0 bridgehead atoms. The Morgan fingerprint density at radius 2 is 1.62 bits per heavy atom. The molecule has 0 heterocycles. The molecule has 0 aliphatic heterocycles. The topological polar surface area (TPSA) is 79.8 Å². The molecule has 0 atom stereocenters. The van der Waals surface area contributed by atoms with Crippen molar-refractivity contribution in [2.75, 3.05) is 6.54 Å². The maximum absolute atomic E-state index is 12.6. The van der Waals surface area contributed by atoms with E-state index in [1.54, 1.807) is 6.07 Å². The molecule has 0 aliphatic carbocycles. The molecule has 0 aromatic heterocycles. The molecule has 4 aromatic carbocycles. The van der Waals surface area contributed by atoms with E-state index < -0.39 is 5.91 Å². The molecule has 0 unspecified atom stereocenters. The summed E-state index contributed by atoms with van der Waals surface area (Å²) >= 11 is 3.42. The van der Waals surface area contributed by atoms with Crippen LogP contribution >= 0.6 is 15.9 Å². The van der Waals surface area contributed by atoms with Gasteiger partial charge in [-0.05, 0) is 46.7 Å². The Kier molecular flexibility index (Phi) is 7.67. The number of benzene rings is 4. The first-order valence-corrected chi connectivity index (χ1v) is 11.4. The number of fused-ring (bicyclic) bond motifs is 1. The Balaban J connectivity index is 1.31. The Morgan fingerprint density at radius 1 is 0.882 bits per heavy atom. The molecule has 2 N–H and O–H groups in total.